The van der Waals surface area contributed by atoms with E-state index in [9.17, 15) is 9.59 Å². The summed E-state index contributed by atoms with van der Waals surface area (Å²) in [6.45, 7) is 6.46. The Hall–Kier alpha value is -2.96. The molecule has 0 aliphatic carbocycles. The highest BCUT2D eigenvalue weighted by Crippen LogP contribution is 2.16. The Labute approximate surface area is 151 Å². The molecule has 0 aliphatic heterocycles. The maximum absolute atomic E-state index is 12.9. The number of carbonyl (C=O) groups is 1. The number of aromatic nitrogens is 4. The number of amides is 1. The van der Waals surface area contributed by atoms with Crippen molar-refractivity contribution < 1.29 is 4.79 Å². The van der Waals surface area contributed by atoms with Gasteiger partial charge >= 0.3 is 0 Å². The van der Waals surface area contributed by atoms with E-state index in [2.05, 4.69) is 15.4 Å². The lowest BCUT2D eigenvalue weighted by Crippen LogP contribution is -2.33. The van der Waals surface area contributed by atoms with Crippen molar-refractivity contribution in [1.29, 1.82) is 0 Å². The molecule has 7 heteroatoms. The molecule has 7 nitrogen and oxygen atoms in total. The number of hydrogen-bond acceptors (Lipinski definition) is 4. The van der Waals surface area contributed by atoms with Crippen molar-refractivity contribution in [3.8, 4) is 11.4 Å². The lowest BCUT2D eigenvalue weighted by molar-refractivity contribution is -0.120. The summed E-state index contributed by atoms with van der Waals surface area (Å²) >= 11 is 0. The lowest BCUT2D eigenvalue weighted by Gasteiger charge is -2.12. The molecule has 3 rings (SSSR count). The van der Waals surface area contributed by atoms with Crippen molar-refractivity contribution in [3.05, 3.63) is 51.9 Å². The van der Waals surface area contributed by atoms with Gasteiger partial charge < -0.3 is 9.88 Å². The summed E-state index contributed by atoms with van der Waals surface area (Å²) in [6, 6.07) is 9.50. The van der Waals surface area contributed by atoms with Crippen LogP contribution in [-0.2, 0) is 18.3 Å². The third-order valence-electron chi connectivity index (χ3n) is 4.36. The lowest BCUT2D eigenvalue weighted by atomic mass is 10.1. The fraction of sp³-hybridized carbons (Fsp3) is 0.368. The molecular formula is C19H23N5O2. The fourth-order valence-electron chi connectivity index (χ4n) is 2.75. The third-order valence-corrected chi connectivity index (χ3v) is 4.36. The van der Waals surface area contributed by atoms with E-state index in [1.807, 2.05) is 58.2 Å². The molecule has 1 N–H and O–H groups in total. The largest absolute Gasteiger partial charge is 0.356 e. The normalized spacial score (nSPS) is 11.3. The van der Waals surface area contributed by atoms with Crippen LogP contribution in [0.1, 0.15) is 25.1 Å². The van der Waals surface area contributed by atoms with Crippen molar-refractivity contribution in [2.24, 2.45) is 13.0 Å². The number of nitrogens with one attached hydrogen (secondary N) is 1. The van der Waals surface area contributed by atoms with E-state index in [0.29, 0.717) is 35.3 Å². The molecule has 0 unspecified atom stereocenters. The van der Waals surface area contributed by atoms with E-state index in [0.717, 1.165) is 5.56 Å². The summed E-state index contributed by atoms with van der Waals surface area (Å²) in [7, 11) is 1.82. The summed E-state index contributed by atoms with van der Waals surface area (Å²) in [5, 5.41) is 7.22. The molecule has 1 amide bonds. The molecular weight excluding hydrogens is 330 g/mol. The van der Waals surface area contributed by atoms with Crippen molar-refractivity contribution >= 4 is 11.7 Å². The van der Waals surface area contributed by atoms with E-state index in [4.69, 9.17) is 0 Å². The highest BCUT2D eigenvalue weighted by atomic mass is 16.2. The van der Waals surface area contributed by atoms with Gasteiger partial charge in [-0.05, 0) is 12.8 Å². The Balaban J connectivity index is 2.03. The average molecular weight is 353 g/mol. The second-order valence-electron chi connectivity index (χ2n) is 6.82. The van der Waals surface area contributed by atoms with Crippen LogP contribution in [0.15, 0.2) is 35.1 Å². The number of nitrogens with zero attached hydrogens (tertiary/aromatic N) is 4. The summed E-state index contributed by atoms with van der Waals surface area (Å²) < 4.78 is 3.08. The topological polar surface area (TPSA) is 81.3 Å². The first kappa shape index (κ1) is 17.8. The van der Waals surface area contributed by atoms with Gasteiger partial charge in [-0.15, -0.1) is 5.10 Å². The molecule has 2 aromatic heterocycles. The van der Waals surface area contributed by atoms with Gasteiger partial charge in [0.05, 0.1) is 6.42 Å². The van der Waals surface area contributed by atoms with Crippen LogP contribution in [0.4, 0.5) is 0 Å². The van der Waals surface area contributed by atoms with Crippen LogP contribution in [-0.4, -0.2) is 31.6 Å². The molecule has 3 aromatic rings. The van der Waals surface area contributed by atoms with Crippen LogP contribution in [0.2, 0.25) is 0 Å². The minimum absolute atomic E-state index is 0.0295. The van der Waals surface area contributed by atoms with Gasteiger partial charge in [0.2, 0.25) is 11.7 Å². The van der Waals surface area contributed by atoms with E-state index < -0.39 is 0 Å². The quantitative estimate of drug-likeness (QED) is 0.757. The van der Waals surface area contributed by atoms with Gasteiger partial charge in [0.1, 0.15) is 0 Å². The Morgan fingerprint density at radius 3 is 2.58 bits per heavy atom. The Morgan fingerprint density at radius 2 is 1.92 bits per heavy atom. The zero-order chi connectivity index (χ0) is 18.8. The summed E-state index contributed by atoms with van der Waals surface area (Å²) in [5.74, 6) is 1.13. The van der Waals surface area contributed by atoms with Gasteiger partial charge in [-0.2, -0.15) is 9.50 Å². The average Bonchev–Trinajstić information content (AvgIpc) is 3.08. The Kier molecular flexibility index (Phi) is 4.88. The van der Waals surface area contributed by atoms with Gasteiger partial charge in [0.15, 0.2) is 5.82 Å². The standard InChI is InChI=1S/C19H23N5O2/c1-12(2)11-20-16(25)10-15-13(3)23(4)19-21-17(22-24(19)18(15)26)14-8-6-5-7-9-14/h5-9,12H,10-11H2,1-4H3,(H,20,25). The molecule has 0 saturated heterocycles. The molecule has 0 fully saturated rings. The van der Waals surface area contributed by atoms with Gasteiger partial charge in [0.25, 0.3) is 5.56 Å². The number of carbonyl (C=O) groups excluding carboxylic acids is 1. The number of hydrogen-bond donors (Lipinski definition) is 1. The van der Waals surface area contributed by atoms with Crippen molar-refractivity contribution in [1.82, 2.24) is 24.5 Å². The van der Waals surface area contributed by atoms with Crippen LogP contribution in [0.5, 0.6) is 0 Å². The van der Waals surface area contributed by atoms with E-state index in [1.165, 1.54) is 4.52 Å². The Bertz CT molecular complexity index is 1000. The monoisotopic (exact) mass is 353 g/mol. The first-order valence-electron chi connectivity index (χ1n) is 8.66. The molecule has 0 saturated carbocycles. The zero-order valence-corrected chi connectivity index (χ0v) is 15.5. The van der Waals surface area contributed by atoms with Gasteiger partial charge in [-0.3, -0.25) is 9.59 Å². The highest BCUT2D eigenvalue weighted by molar-refractivity contribution is 5.78. The van der Waals surface area contributed by atoms with Crippen molar-refractivity contribution in [2.75, 3.05) is 6.54 Å². The van der Waals surface area contributed by atoms with Crippen LogP contribution in [0.3, 0.4) is 0 Å². The molecule has 0 atom stereocenters. The fourth-order valence-corrected chi connectivity index (χ4v) is 2.75. The van der Waals surface area contributed by atoms with Gasteiger partial charge in [0, 0.05) is 30.4 Å². The molecule has 26 heavy (non-hydrogen) atoms. The minimum atomic E-state index is -0.301. The first-order valence-corrected chi connectivity index (χ1v) is 8.66. The second-order valence-corrected chi connectivity index (χ2v) is 6.82. The number of rotatable bonds is 5. The SMILES string of the molecule is Cc1c(CC(=O)NCC(C)C)c(=O)n2nc(-c3ccccc3)nc2n1C. The molecule has 1 aromatic carbocycles. The van der Waals surface area contributed by atoms with Crippen molar-refractivity contribution in [3.63, 3.8) is 0 Å². The molecule has 0 radical (unpaired) electrons. The summed E-state index contributed by atoms with van der Waals surface area (Å²) in [6.07, 6.45) is 0.0295. The van der Waals surface area contributed by atoms with E-state index in [-0.39, 0.29) is 17.9 Å². The molecule has 0 bridgehead atoms. The van der Waals surface area contributed by atoms with Gasteiger partial charge in [-0.25, -0.2) is 0 Å². The third kappa shape index (κ3) is 3.37. The van der Waals surface area contributed by atoms with Crippen LogP contribution in [0.25, 0.3) is 17.2 Å². The maximum Gasteiger partial charge on any atom is 0.279 e. The maximum atomic E-state index is 12.9. The van der Waals surface area contributed by atoms with E-state index in [1.54, 1.807) is 4.57 Å². The van der Waals surface area contributed by atoms with Crippen molar-refractivity contribution in [2.45, 2.75) is 27.2 Å². The van der Waals surface area contributed by atoms with Gasteiger partial charge in [-0.1, -0.05) is 44.2 Å². The molecule has 0 aliphatic rings. The predicted octanol–water partition coefficient (Wildman–Crippen LogP) is 1.72. The number of fused-ring (bicyclic) bond motifs is 1. The smallest absolute Gasteiger partial charge is 0.279 e. The number of aryl methyl sites for hydroxylation is 1. The number of benzene rings is 1. The van der Waals surface area contributed by atoms with Crippen LogP contribution < -0.4 is 10.9 Å². The minimum Gasteiger partial charge on any atom is -0.356 e. The van der Waals surface area contributed by atoms with Crippen LogP contribution in [0, 0.1) is 12.8 Å². The molecule has 0 spiro atoms. The first-order chi connectivity index (χ1) is 12.4. The molecule has 136 valence electrons. The second kappa shape index (κ2) is 7.11. The zero-order valence-electron chi connectivity index (χ0n) is 15.5. The highest BCUT2D eigenvalue weighted by Gasteiger charge is 2.18. The summed E-state index contributed by atoms with van der Waals surface area (Å²) in [5.41, 5.74) is 1.69. The predicted molar refractivity (Wildman–Crippen MR) is 100.0 cm³/mol. The van der Waals surface area contributed by atoms with E-state index >= 15 is 0 Å². The molecule has 2 heterocycles. The van der Waals surface area contributed by atoms with Crippen LogP contribution >= 0.6 is 0 Å². The summed E-state index contributed by atoms with van der Waals surface area (Å²) in [4.78, 5) is 29.6. The Morgan fingerprint density at radius 1 is 1.23 bits per heavy atom.